The minimum absolute atomic E-state index is 0.210. The second-order valence-corrected chi connectivity index (χ2v) is 6.24. The third kappa shape index (κ3) is 2.41. The van der Waals surface area contributed by atoms with Crippen molar-refractivity contribution >= 4 is 28.5 Å². The van der Waals surface area contributed by atoms with Crippen LogP contribution in [0.1, 0.15) is 23.0 Å². The molecular formula is C15H13NOS2. The fraction of sp³-hybridized carbons (Fsp3) is 0.133. The van der Waals surface area contributed by atoms with E-state index in [1.54, 1.807) is 22.7 Å². The van der Waals surface area contributed by atoms with Crippen LogP contribution < -0.4 is 0 Å². The van der Waals surface area contributed by atoms with Crippen LogP contribution in [0.2, 0.25) is 0 Å². The Morgan fingerprint density at radius 3 is 2.58 bits per heavy atom. The lowest BCUT2D eigenvalue weighted by Crippen LogP contribution is -1.90. The van der Waals surface area contributed by atoms with Gasteiger partial charge in [-0.1, -0.05) is 13.0 Å². The molecule has 0 aliphatic carbocycles. The number of ketones is 1. The number of thiophene rings is 2. The van der Waals surface area contributed by atoms with Crippen LogP contribution in [0.4, 0.5) is 0 Å². The van der Waals surface area contributed by atoms with E-state index in [1.165, 1.54) is 4.88 Å². The van der Waals surface area contributed by atoms with Crippen molar-refractivity contribution in [3.8, 4) is 21.1 Å². The molecule has 0 saturated heterocycles. The summed E-state index contributed by atoms with van der Waals surface area (Å²) in [5, 5.41) is 2.07. The highest BCUT2D eigenvalue weighted by molar-refractivity contribution is 7.17. The number of nitrogens with one attached hydrogen (secondary N) is 1. The molecule has 0 unspecified atom stereocenters. The molecule has 0 spiro atoms. The Kier molecular flexibility index (Phi) is 3.36. The number of hydrogen-bond acceptors (Lipinski definition) is 3. The topological polar surface area (TPSA) is 32.9 Å². The van der Waals surface area contributed by atoms with Crippen LogP contribution in [0.25, 0.3) is 21.1 Å². The van der Waals surface area contributed by atoms with Crippen LogP contribution in [-0.2, 0) is 0 Å². The number of aromatic nitrogens is 1. The molecule has 0 saturated carbocycles. The van der Waals surface area contributed by atoms with Gasteiger partial charge in [0, 0.05) is 6.42 Å². The summed E-state index contributed by atoms with van der Waals surface area (Å²) >= 11 is 3.27. The van der Waals surface area contributed by atoms with Gasteiger partial charge in [-0.2, -0.15) is 0 Å². The van der Waals surface area contributed by atoms with Gasteiger partial charge in [0.15, 0.2) is 5.78 Å². The fourth-order valence-electron chi connectivity index (χ4n) is 1.92. The van der Waals surface area contributed by atoms with E-state index in [0.29, 0.717) is 6.42 Å². The zero-order valence-electron chi connectivity index (χ0n) is 10.5. The summed E-state index contributed by atoms with van der Waals surface area (Å²) in [5.41, 5.74) is 2.20. The van der Waals surface area contributed by atoms with E-state index in [2.05, 4.69) is 28.6 Å². The number of Topliss-reactive ketones (excluding diaryl/α,β-unsaturated/α-hetero) is 1. The van der Waals surface area contributed by atoms with Crippen molar-refractivity contribution in [2.75, 3.05) is 0 Å². The lowest BCUT2D eigenvalue weighted by Gasteiger charge is -1.93. The summed E-state index contributed by atoms with van der Waals surface area (Å²) in [6.07, 6.45) is 0.561. The second kappa shape index (κ2) is 5.15. The second-order valence-electron chi connectivity index (χ2n) is 4.20. The highest BCUT2D eigenvalue weighted by Crippen LogP contribution is 2.31. The normalized spacial score (nSPS) is 10.8. The summed E-state index contributed by atoms with van der Waals surface area (Å²) < 4.78 is 0. The quantitative estimate of drug-likeness (QED) is 0.668. The average Bonchev–Trinajstić information content (AvgIpc) is 3.14. The van der Waals surface area contributed by atoms with E-state index in [0.717, 1.165) is 21.1 Å². The Hall–Kier alpha value is -1.65. The van der Waals surface area contributed by atoms with E-state index >= 15 is 0 Å². The van der Waals surface area contributed by atoms with Crippen LogP contribution in [-0.4, -0.2) is 10.8 Å². The van der Waals surface area contributed by atoms with Gasteiger partial charge in [0.05, 0.1) is 26.0 Å². The molecule has 96 valence electrons. The molecule has 19 heavy (non-hydrogen) atoms. The monoisotopic (exact) mass is 287 g/mol. The van der Waals surface area contributed by atoms with Gasteiger partial charge in [0.1, 0.15) is 0 Å². The average molecular weight is 287 g/mol. The number of H-pyrrole nitrogens is 1. The highest BCUT2D eigenvalue weighted by atomic mass is 32.1. The third-order valence-electron chi connectivity index (χ3n) is 2.94. The lowest BCUT2D eigenvalue weighted by atomic mass is 10.2. The van der Waals surface area contributed by atoms with Gasteiger partial charge in [0.2, 0.25) is 0 Å². The summed E-state index contributed by atoms with van der Waals surface area (Å²) in [4.78, 5) is 18.2. The standard InChI is InChI=1S/C15H13NOS2/c1-2-12(17)15-8-7-14(19-15)11-6-5-10(16-11)13-4-3-9-18-13/h3-9,16H,2H2,1H3. The minimum Gasteiger partial charge on any atom is -0.353 e. The molecule has 0 atom stereocenters. The Bertz CT molecular complexity index is 691. The van der Waals surface area contributed by atoms with E-state index in [9.17, 15) is 4.79 Å². The van der Waals surface area contributed by atoms with Crippen molar-refractivity contribution in [1.29, 1.82) is 0 Å². The third-order valence-corrected chi connectivity index (χ3v) is 5.00. The van der Waals surface area contributed by atoms with Crippen molar-refractivity contribution in [2.45, 2.75) is 13.3 Å². The zero-order valence-corrected chi connectivity index (χ0v) is 12.1. The maximum Gasteiger partial charge on any atom is 0.172 e. The molecule has 0 fully saturated rings. The van der Waals surface area contributed by atoms with Gasteiger partial charge in [0.25, 0.3) is 0 Å². The number of carbonyl (C=O) groups is 1. The molecule has 0 radical (unpaired) electrons. The first-order valence-electron chi connectivity index (χ1n) is 6.14. The van der Waals surface area contributed by atoms with Gasteiger partial charge in [-0.3, -0.25) is 4.79 Å². The maximum atomic E-state index is 11.7. The van der Waals surface area contributed by atoms with E-state index in [4.69, 9.17) is 0 Å². The van der Waals surface area contributed by atoms with Gasteiger partial charge < -0.3 is 4.98 Å². The van der Waals surface area contributed by atoms with Gasteiger partial charge in [-0.25, -0.2) is 0 Å². The number of aromatic amines is 1. The summed E-state index contributed by atoms with van der Waals surface area (Å²) in [6.45, 7) is 1.89. The summed E-state index contributed by atoms with van der Waals surface area (Å²) in [7, 11) is 0. The Labute approximate surface area is 119 Å². The first-order valence-corrected chi connectivity index (χ1v) is 7.84. The fourth-order valence-corrected chi connectivity index (χ4v) is 3.62. The maximum absolute atomic E-state index is 11.7. The SMILES string of the molecule is CCC(=O)c1ccc(-c2ccc(-c3cccs3)[nH]2)s1. The summed E-state index contributed by atoms with van der Waals surface area (Å²) in [6, 6.07) is 12.2. The van der Waals surface area contributed by atoms with Crippen LogP contribution >= 0.6 is 22.7 Å². The molecule has 2 nitrogen and oxygen atoms in total. The van der Waals surface area contributed by atoms with Crippen LogP contribution in [0, 0.1) is 0 Å². The molecule has 0 aromatic carbocycles. The van der Waals surface area contributed by atoms with Crippen LogP contribution in [0.5, 0.6) is 0 Å². The lowest BCUT2D eigenvalue weighted by molar-refractivity contribution is 0.0992. The van der Waals surface area contributed by atoms with Gasteiger partial charge in [-0.05, 0) is 35.7 Å². The van der Waals surface area contributed by atoms with Crippen molar-refractivity contribution in [3.63, 3.8) is 0 Å². The van der Waals surface area contributed by atoms with Crippen molar-refractivity contribution in [1.82, 2.24) is 4.98 Å². The smallest absolute Gasteiger partial charge is 0.172 e. The van der Waals surface area contributed by atoms with Gasteiger partial charge >= 0.3 is 0 Å². The molecule has 0 aliphatic heterocycles. The molecule has 1 N–H and O–H groups in total. The predicted octanol–water partition coefficient (Wildman–Crippen LogP) is 5.06. The Balaban J connectivity index is 1.91. The first-order chi connectivity index (χ1) is 9.28. The molecule has 3 aromatic rings. The first kappa shape index (κ1) is 12.4. The zero-order chi connectivity index (χ0) is 13.2. The predicted molar refractivity (Wildman–Crippen MR) is 82.0 cm³/mol. The van der Waals surface area contributed by atoms with E-state index < -0.39 is 0 Å². The number of rotatable bonds is 4. The molecule has 0 amide bonds. The van der Waals surface area contributed by atoms with Crippen molar-refractivity contribution in [3.05, 3.63) is 46.7 Å². The molecule has 3 heterocycles. The summed E-state index contributed by atoms with van der Waals surface area (Å²) in [5.74, 6) is 0.210. The largest absolute Gasteiger partial charge is 0.353 e. The Morgan fingerprint density at radius 2 is 1.89 bits per heavy atom. The van der Waals surface area contributed by atoms with Crippen molar-refractivity contribution < 1.29 is 4.79 Å². The number of carbonyl (C=O) groups excluding carboxylic acids is 1. The Morgan fingerprint density at radius 1 is 1.11 bits per heavy atom. The van der Waals surface area contributed by atoms with E-state index in [1.807, 2.05) is 25.1 Å². The van der Waals surface area contributed by atoms with Crippen LogP contribution in [0.3, 0.4) is 0 Å². The molecule has 3 rings (SSSR count). The van der Waals surface area contributed by atoms with E-state index in [-0.39, 0.29) is 5.78 Å². The molecule has 0 aliphatic rings. The van der Waals surface area contributed by atoms with Crippen molar-refractivity contribution in [2.24, 2.45) is 0 Å². The highest BCUT2D eigenvalue weighted by Gasteiger charge is 2.10. The number of hydrogen-bond donors (Lipinski definition) is 1. The van der Waals surface area contributed by atoms with Gasteiger partial charge in [-0.15, -0.1) is 22.7 Å². The van der Waals surface area contributed by atoms with Crippen LogP contribution in [0.15, 0.2) is 41.8 Å². The minimum atomic E-state index is 0.210. The molecule has 3 aromatic heterocycles. The molecule has 4 heteroatoms. The molecule has 0 bridgehead atoms. The molecular weight excluding hydrogens is 274 g/mol.